The SMILES string of the molecule is COC(=O)[C@@H]1[C@H](c2ccccc2)N1[S@@](=O)c1ccc(C)cc1. The van der Waals surface area contributed by atoms with E-state index in [0.29, 0.717) is 4.90 Å². The Labute approximate surface area is 132 Å². The molecule has 0 N–H and O–H groups in total. The van der Waals surface area contributed by atoms with Gasteiger partial charge in [0.05, 0.1) is 18.0 Å². The number of carbonyl (C=O) groups excluding carboxylic acids is 1. The molecule has 2 aromatic rings. The number of rotatable bonds is 4. The van der Waals surface area contributed by atoms with Gasteiger partial charge in [-0.15, -0.1) is 0 Å². The molecule has 1 aliphatic heterocycles. The van der Waals surface area contributed by atoms with E-state index in [1.807, 2.05) is 61.5 Å². The van der Waals surface area contributed by atoms with Crippen LogP contribution in [-0.4, -0.2) is 27.6 Å². The molecule has 5 heteroatoms. The van der Waals surface area contributed by atoms with E-state index in [-0.39, 0.29) is 12.0 Å². The molecule has 0 radical (unpaired) electrons. The summed E-state index contributed by atoms with van der Waals surface area (Å²) in [5, 5.41) is 0. The van der Waals surface area contributed by atoms with E-state index < -0.39 is 17.0 Å². The average Bonchev–Trinajstić information content (AvgIpc) is 3.30. The molecule has 0 saturated carbocycles. The first-order valence-corrected chi connectivity index (χ1v) is 8.14. The van der Waals surface area contributed by atoms with Crippen LogP contribution >= 0.6 is 0 Å². The fourth-order valence-corrected chi connectivity index (χ4v) is 3.94. The molecular formula is C17H17NO3S. The summed E-state index contributed by atoms with van der Waals surface area (Å²) in [5.74, 6) is -0.352. The van der Waals surface area contributed by atoms with Crippen molar-refractivity contribution in [1.82, 2.24) is 4.31 Å². The van der Waals surface area contributed by atoms with Gasteiger partial charge in [-0.3, -0.25) is 4.79 Å². The lowest BCUT2D eigenvalue weighted by Crippen LogP contribution is -2.16. The molecular weight excluding hydrogens is 298 g/mol. The van der Waals surface area contributed by atoms with Crippen molar-refractivity contribution in [3.63, 3.8) is 0 Å². The Kier molecular flexibility index (Phi) is 4.09. The summed E-state index contributed by atoms with van der Waals surface area (Å²) in [4.78, 5) is 12.7. The van der Waals surface area contributed by atoms with Crippen LogP contribution in [0.25, 0.3) is 0 Å². The molecule has 1 saturated heterocycles. The van der Waals surface area contributed by atoms with Crippen LogP contribution in [0, 0.1) is 6.92 Å². The normalized spacial score (nSPS) is 24.5. The zero-order valence-corrected chi connectivity index (χ0v) is 13.2. The maximum absolute atomic E-state index is 12.8. The molecule has 22 heavy (non-hydrogen) atoms. The van der Waals surface area contributed by atoms with Crippen molar-refractivity contribution in [1.29, 1.82) is 0 Å². The molecule has 2 aromatic carbocycles. The first-order chi connectivity index (χ1) is 10.6. The van der Waals surface area contributed by atoms with E-state index in [9.17, 15) is 9.00 Å². The molecule has 1 heterocycles. The van der Waals surface area contributed by atoms with Gasteiger partial charge in [-0.05, 0) is 24.6 Å². The van der Waals surface area contributed by atoms with Crippen LogP contribution in [-0.2, 0) is 20.5 Å². The Bertz CT molecular complexity index is 700. The van der Waals surface area contributed by atoms with Crippen molar-refractivity contribution in [2.75, 3.05) is 7.11 Å². The minimum absolute atomic E-state index is 0.198. The van der Waals surface area contributed by atoms with Gasteiger partial charge in [-0.2, -0.15) is 4.31 Å². The molecule has 1 aliphatic rings. The maximum atomic E-state index is 12.8. The number of hydrogen-bond acceptors (Lipinski definition) is 3. The first kappa shape index (κ1) is 14.9. The number of methoxy groups -OCH3 is 1. The summed E-state index contributed by atoms with van der Waals surface area (Å²) in [7, 11) is -0.0258. The zero-order valence-electron chi connectivity index (χ0n) is 12.4. The lowest BCUT2D eigenvalue weighted by molar-refractivity contribution is -0.140. The Morgan fingerprint density at radius 2 is 1.73 bits per heavy atom. The number of aryl methyl sites for hydroxylation is 1. The van der Waals surface area contributed by atoms with Gasteiger partial charge in [0.1, 0.15) is 17.0 Å². The van der Waals surface area contributed by atoms with E-state index in [1.54, 1.807) is 4.31 Å². The molecule has 0 amide bonds. The molecule has 3 rings (SSSR count). The topological polar surface area (TPSA) is 46.4 Å². The molecule has 114 valence electrons. The Balaban J connectivity index is 1.89. The second-order valence-electron chi connectivity index (χ2n) is 5.25. The van der Waals surface area contributed by atoms with Gasteiger partial charge < -0.3 is 4.74 Å². The molecule has 1 unspecified atom stereocenters. The highest BCUT2D eigenvalue weighted by atomic mass is 32.2. The molecule has 0 bridgehead atoms. The summed E-state index contributed by atoms with van der Waals surface area (Å²) in [6.07, 6.45) is 0. The minimum atomic E-state index is -1.38. The highest BCUT2D eigenvalue weighted by Crippen LogP contribution is 2.46. The van der Waals surface area contributed by atoms with Crippen molar-refractivity contribution in [3.8, 4) is 0 Å². The number of hydrogen-bond donors (Lipinski definition) is 0. The Morgan fingerprint density at radius 1 is 1.09 bits per heavy atom. The number of nitrogens with zero attached hydrogens (tertiary/aromatic N) is 1. The molecule has 0 spiro atoms. The predicted molar refractivity (Wildman–Crippen MR) is 84.4 cm³/mol. The van der Waals surface area contributed by atoms with Gasteiger partial charge >= 0.3 is 5.97 Å². The molecule has 1 fully saturated rings. The van der Waals surface area contributed by atoms with Gasteiger partial charge in [0.25, 0.3) is 0 Å². The van der Waals surface area contributed by atoms with Gasteiger partial charge in [-0.25, -0.2) is 4.21 Å². The largest absolute Gasteiger partial charge is 0.468 e. The summed E-state index contributed by atoms with van der Waals surface area (Å²) in [6, 6.07) is 16.4. The minimum Gasteiger partial charge on any atom is -0.468 e. The fourth-order valence-electron chi connectivity index (χ4n) is 2.53. The van der Waals surface area contributed by atoms with Crippen LogP contribution in [0.2, 0.25) is 0 Å². The van der Waals surface area contributed by atoms with E-state index >= 15 is 0 Å². The lowest BCUT2D eigenvalue weighted by atomic mass is 10.1. The Morgan fingerprint density at radius 3 is 2.32 bits per heavy atom. The third-order valence-corrected chi connectivity index (χ3v) is 5.27. The number of esters is 1. The van der Waals surface area contributed by atoms with Gasteiger partial charge in [0.2, 0.25) is 0 Å². The van der Waals surface area contributed by atoms with Crippen LogP contribution < -0.4 is 0 Å². The van der Waals surface area contributed by atoms with Crippen molar-refractivity contribution in [2.24, 2.45) is 0 Å². The van der Waals surface area contributed by atoms with Crippen molar-refractivity contribution >= 4 is 17.0 Å². The summed E-state index contributed by atoms with van der Waals surface area (Å²) in [5.41, 5.74) is 2.08. The smallest absolute Gasteiger partial charge is 0.326 e. The maximum Gasteiger partial charge on any atom is 0.326 e. The molecule has 4 nitrogen and oxygen atoms in total. The molecule has 0 aliphatic carbocycles. The highest BCUT2D eigenvalue weighted by molar-refractivity contribution is 7.83. The van der Waals surface area contributed by atoms with Crippen LogP contribution in [0.15, 0.2) is 59.5 Å². The second kappa shape index (κ2) is 6.02. The highest BCUT2D eigenvalue weighted by Gasteiger charge is 2.57. The van der Waals surface area contributed by atoms with Gasteiger partial charge in [0.15, 0.2) is 0 Å². The van der Waals surface area contributed by atoms with Crippen LogP contribution in [0.5, 0.6) is 0 Å². The Hall–Kier alpha value is -1.98. The van der Waals surface area contributed by atoms with Crippen LogP contribution in [0.3, 0.4) is 0 Å². The number of benzene rings is 2. The lowest BCUT2D eigenvalue weighted by Gasteiger charge is -2.05. The summed E-state index contributed by atoms with van der Waals surface area (Å²) < 4.78 is 19.3. The first-order valence-electron chi connectivity index (χ1n) is 7.03. The zero-order chi connectivity index (χ0) is 15.7. The van der Waals surface area contributed by atoms with Gasteiger partial charge in [-0.1, -0.05) is 48.0 Å². The van der Waals surface area contributed by atoms with E-state index in [0.717, 1.165) is 11.1 Å². The average molecular weight is 315 g/mol. The second-order valence-corrected chi connectivity index (χ2v) is 6.64. The standard InChI is InChI=1S/C17H17NO3S/c1-12-8-10-14(11-9-12)22(20)18-15(16(18)17(19)21-2)13-6-4-3-5-7-13/h3-11,15-16H,1-2H3/t15-,16-,18?,22-/m0/s1. The third-order valence-electron chi connectivity index (χ3n) is 3.76. The third kappa shape index (κ3) is 2.69. The monoisotopic (exact) mass is 315 g/mol. The summed E-state index contributed by atoms with van der Waals surface area (Å²) in [6.45, 7) is 1.98. The predicted octanol–water partition coefficient (Wildman–Crippen LogP) is 2.62. The van der Waals surface area contributed by atoms with Crippen molar-refractivity contribution < 1.29 is 13.7 Å². The van der Waals surface area contributed by atoms with Crippen LogP contribution in [0.4, 0.5) is 0 Å². The van der Waals surface area contributed by atoms with E-state index in [2.05, 4.69) is 0 Å². The number of carbonyl (C=O) groups is 1. The number of ether oxygens (including phenoxy) is 1. The van der Waals surface area contributed by atoms with E-state index in [1.165, 1.54) is 7.11 Å². The summed E-state index contributed by atoms with van der Waals surface area (Å²) >= 11 is 0. The van der Waals surface area contributed by atoms with Crippen molar-refractivity contribution in [3.05, 3.63) is 65.7 Å². The van der Waals surface area contributed by atoms with Crippen molar-refractivity contribution in [2.45, 2.75) is 23.9 Å². The van der Waals surface area contributed by atoms with E-state index in [4.69, 9.17) is 4.74 Å². The quantitative estimate of drug-likeness (QED) is 0.643. The van der Waals surface area contributed by atoms with Gasteiger partial charge in [0, 0.05) is 0 Å². The molecule has 4 atom stereocenters. The van der Waals surface area contributed by atoms with Crippen LogP contribution in [0.1, 0.15) is 17.2 Å². The molecule has 0 aromatic heterocycles. The fraction of sp³-hybridized carbons (Fsp3) is 0.235.